The molecule has 154 valence electrons. The molecule has 3 aromatic rings. The summed E-state index contributed by atoms with van der Waals surface area (Å²) in [6, 6.07) is 12.1. The molecule has 0 spiro atoms. The van der Waals surface area contributed by atoms with Gasteiger partial charge in [0, 0.05) is 44.4 Å². The predicted octanol–water partition coefficient (Wildman–Crippen LogP) is 3.58. The quantitative estimate of drug-likeness (QED) is 0.353. The van der Waals surface area contributed by atoms with Gasteiger partial charge in [-0.1, -0.05) is 29.5 Å². The topological polar surface area (TPSA) is 88.8 Å². The Morgan fingerprint density at radius 3 is 2.70 bits per heavy atom. The van der Waals surface area contributed by atoms with Crippen molar-refractivity contribution in [1.29, 1.82) is 0 Å². The summed E-state index contributed by atoms with van der Waals surface area (Å²) in [5.74, 6) is 0.655. The molecule has 9 heteroatoms. The minimum Gasteiger partial charge on any atom is -0.494 e. The zero-order chi connectivity index (χ0) is 21.1. The molecule has 30 heavy (non-hydrogen) atoms. The fourth-order valence-corrected chi connectivity index (χ4v) is 4.38. The van der Waals surface area contributed by atoms with Gasteiger partial charge < -0.3 is 14.5 Å². The third-order valence-corrected chi connectivity index (χ3v) is 6.03. The van der Waals surface area contributed by atoms with Crippen LogP contribution in [0.1, 0.15) is 5.56 Å². The molecule has 2 heterocycles. The first-order chi connectivity index (χ1) is 14.5. The van der Waals surface area contributed by atoms with Crippen LogP contribution in [0.15, 0.2) is 48.5 Å². The van der Waals surface area contributed by atoms with Crippen molar-refractivity contribution in [2.45, 2.75) is 0 Å². The van der Waals surface area contributed by atoms with Gasteiger partial charge >= 0.3 is 0 Å². The Balaban J connectivity index is 1.39. The molecule has 2 aromatic carbocycles. The number of nitrogens with zero attached hydrogens (tertiary/aromatic N) is 4. The van der Waals surface area contributed by atoms with Crippen molar-refractivity contribution in [3.05, 3.63) is 64.2 Å². The lowest BCUT2D eigenvalue weighted by Crippen LogP contribution is -2.48. The molecule has 1 amide bonds. The number of nitro groups is 1. The summed E-state index contributed by atoms with van der Waals surface area (Å²) >= 11 is 1.62. The molecule has 1 saturated heterocycles. The minimum atomic E-state index is -0.448. The normalized spacial score (nSPS) is 14.4. The van der Waals surface area contributed by atoms with E-state index in [1.807, 2.05) is 18.2 Å². The van der Waals surface area contributed by atoms with Crippen LogP contribution in [-0.2, 0) is 4.79 Å². The van der Waals surface area contributed by atoms with Crippen LogP contribution in [0, 0.1) is 10.1 Å². The summed E-state index contributed by atoms with van der Waals surface area (Å²) < 4.78 is 6.46. The van der Waals surface area contributed by atoms with Gasteiger partial charge in [-0.15, -0.1) is 0 Å². The molecule has 1 aromatic heterocycles. The molecule has 0 N–H and O–H groups in total. The molecule has 0 unspecified atom stereocenters. The molecule has 8 nitrogen and oxygen atoms in total. The number of hydrogen-bond donors (Lipinski definition) is 0. The lowest BCUT2D eigenvalue weighted by molar-refractivity contribution is -0.384. The number of thiazole rings is 1. The number of carbonyl (C=O) groups is 1. The highest BCUT2D eigenvalue weighted by Crippen LogP contribution is 2.34. The second-order valence-electron chi connectivity index (χ2n) is 6.80. The van der Waals surface area contributed by atoms with Crippen molar-refractivity contribution < 1.29 is 14.5 Å². The van der Waals surface area contributed by atoms with Crippen LogP contribution in [0.5, 0.6) is 5.75 Å². The van der Waals surface area contributed by atoms with Crippen molar-refractivity contribution in [3.8, 4) is 5.75 Å². The maximum absolute atomic E-state index is 12.5. The molecule has 0 bridgehead atoms. The third kappa shape index (κ3) is 4.11. The van der Waals surface area contributed by atoms with E-state index in [9.17, 15) is 14.9 Å². The number of rotatable bonds is 5. The second kappa shape index (κ2) is 8.50. The number of methoxy groups -OCH3 is 1. The molecule has 0 radical (unpaired) electrons. The predicted molar refractivity (Wildman–Crippen MR) is 117 cm³/mol. The molecular formula is C21H20N4O4S. The molecule has 4 rings (SSSR count). The number of aromatic nitrogens is 1. The van der Waals surface area contributed by atoms with Crippen molar-refractivity contribution in [2.24, 2.45) is 0 Å². The van der Waals surface area contributed by atoms with Crippen LogP contribution >= 0.6 is 11.3 Å². The second-order valence-corrected chi connectivity index (χ2v) is 7.81. The van der Waals surface area contributed by atoms with Gasteiger partial charge in [0.15, 0.2) is 5.13 Å². The number of para-hydroxylation sites is 1. The Kier molecular flexibility index (Phi) is 5.62. The van der Waals surface area contributed by atoms with Gasteiger partial charge in [-0.25, -0.2) is 4.98 Å². The Labute approximate surface area is 177 Å². The average molecular weight is 424 g/mol. The van der Waals surface area contributed by atoms with E-state index < -0.39 is 4.92 Å². The van der Waals surface area contributed by atoms with Crippen molar-refractivity contribution in [2.75, 3.05) is 38.2 Å². The zero-order valence-corrected chi connectivity index (χ0v) is 17.2. The molecule has 1 aliphatic rings. The molecular weight excluding hydrogens is 404 g/mol. The highest BCUT2D eigenvalue weighted by molar-refractivity contribution is 7.22. The Hall–Kier alpha value is -3.46. The van der Waals surface area contributed by atoms with E-state index in [2.05, 4.69) is 4.90 Å². The standard InChI is InChI=1S/C21H20N4O4S/c1-29-17-6-3-7-18-20(17)22-21(30-18)24-12-10-23(11-13-24)19(26)9-8-15-4-2-5-16(14-15)25(27)28/h2-9,14H,10-13H2,1H3. The minimum absolute atomic E-state index is 0.00526. The van der Waals surface area contributed by atoms with Gasteiger partial charge in [-0.2, -0.15) is 0 Å². The first kappa shape index (κ1) is 19.8. The Morgan fingerprint density at radius 1 is 1.20 bits per heavy atom. The number of non-ortho nitro benzene ring substituents is 1. The van der Waals surface area contributed by atoms with Crippen LogP contribution in [0.2, 0.25) is 0 Å². The zero-order valence-electron chi connectivity index (χ0n) is 16.4. The molecule has 0 aliphatic carbocycles. The van der Waals surface area contributed by atoms with Gasteiger partial charge in [-0.3, -0.25) is 14.9 Å². The maximum atomic E-state index is 12.5. The van der Waals surface area contributed by atoms with Crippen molar-refractivity contribution >= 4 is 44.4 Å². The molecule has 1 fully saturated rings. The van der Waals surface area contributed by atoms with E-state index in [1.54, 1.807) is 41.6 Å². The fraction of sp³-hybridized carbons (Fsp3) is 0.238. The average Bonchev–Trinajstić information content (AvgIpc) is 3.22. The molecule has 0 atom stereocenters. The number of nitro benzene ring substituents is 1. The largest absolute Gasteiger partial charge is 0.494 e. The lowest BCUT2D eigenvalue weighted by Gasteiger charge is -2.34. The summed E-state index contributed by atoms with van der Waals surface area (Å²) in [4.78, 5) is 31.6. The first-order valence-corrected chi connectivity index (χ1v) is 10.3. The summed E-state index contributed by atoms with van der Waals surface area (Å²) in [6.07, 6.45) is 3.08. The highest BCUT2D eigenvalue weighted by atomic mass is 32.1. The number of piperazine rings is 1. The number of carbonyl (C=O) groups excluding carboxylic acids is 1. The van der Waals surface area contributed by atoms with Crippen LogP contribution in [0.4, 0.5) is 10.8 Å². The van der Waals surface area contributed by atoms with Gasteiger partial charge in [0.2, 0.25) is 5.91 Å². The van der Waals surface area contributed by atoms with E-state index in [1.165, 1.54) is 18.2 Å². The van der Waals surface area contributed by atoms with Crippen LogP contribution < -0.4 is 9.64 Å². The summed E-state index contributed by atoms with van der Waals surface area (Å²) in [5, 5.41) is 11.8. The van der Waals surface area contributed by atoms with E-state index in [0.29, 0.717) is 31.7 Å². The summed E-state index contributed by atoms with van der Waals surface area (Å²) in [5.41, 5.74) is 1.49. The number of fused-ring (bicyclic) bond motifs is 1. The van der Waals surface area contributed by atoms with E-state index >= 15 is 0 Å². The van der Waals surface area contributed by atoms with Crippen LogP contribution in [-0.4, -0.2) is 54.0 Å². The van der Waals surface area contributed by atoms with Crippen molar-refractivity contribution in [1.82, 2.24) is 9.88 Å². The van der Waals surface area contributed by atoms with Crippen LogP contribution in [0.25, 0.3) is 16.3 Å². The van der Waals surface area contributed by atoms with E-state index in [4.69, 9.17) is 9.72 Å². The SMILES string of the molecule is COc1cccc2sc(N3CCN(C(=O)C=Cc4cccc([N+](=O)[O-])c4)CC3)nc12. The monoisotopic (exact) mass is 424 g/mol. The summed E-state index contributed by atoms with van der Waals surface area (Å²) in [6.45, 7) is 2.56. The first-order valence-electron chi connectivity index (χ1n) is 9.45. The van der Waals surface area contributed by atoms with Gasteiger partial charge in [-0.05, 0) is 23.8 Å². The fourth-order valence-electron chi connectivity index (χ4n) is 3.34. The number of benzene rings is 2. The Bertz CT molecular complexity index is 1120. The maximum Gasteiger partial charge on any atom is 0.270 e. The van der Waals surface area contributed by atoms with Gasteiger partial charge in [0.25, 0.3) is 5.69 Å². The lowest BCUT2D eigenvalue weighted by atomic mass is 10.2. The molecule has 0 saturated carbocycles. The van der Waals surface area contributed by atoms with Crippen molar-refractivity contribution in [3.63, 3.8) is 0 Å². The number of anilines is 1. The summed E-state index contributed by atoms with van der Waals surface area (Å²) in [7, 11) is 1.64. The van der Waals surface area contributed by atoms with Gasteiger partial charge in [0.1, 0.15) is 11.3 Å². The number of amides is 1. The smallest absolute Gasteiger partial charge is 0.270 e. The molecule has 1 aliphatic heterocycles. The third-order valence-electron chi connectivity index (χ3n) is 4.95. The van der Waals surface area contributed by atoms with Gasteiger partial charge in [0.05, 0.1) is 16.7 Å². The highest BCUT2D eigenvalue weighted by Gasteiger charge is 2.22. The number of ether oxygens (including phenoxy) is 1. The van der Waals surface area contributed by atoms with E-state index in [-0.39, 0.29) is 11.6 Å². The van der Waals surface area contributed by atoms with E-state index in [0.717, 1.165) is 21.1 Å². The van der Waals surface area contributed by atoms with Crippen LogP contribution in [0.3, 0.4) is 0 Å². The number of hydrogen-bond acceptors (Lipinski definition) is 7. The Morgan fingerprint density at radius 2 is 1.97 bits per heavy atom.